The van der Waals surface area contributed by atoms with Gasteiger partial charge in [0.05, 0.1) is 0 Å². The van der Waals surface area contributed by atoms with Gasteiger partial charge in [0.15, 0.2) is 5.83 Å². The Morgan fingerprint density at radius 3 is 2.58 bits per heavy atom. The Morgan fingerprint density at radius 1 is 1.42 bits per heavy atom. The molecule has 64 valence electrons. The third-order valence-corrected chi connectivity index (χ3v) is 1.78. The quantitative estimate of drug-likeness (QED) is 0.696. The highest BCUT2D eigenvalue weighted by Crippen LogP contribution is 2.22. The lowest BCUT2D eigenvalue weighted by atomic mass is 10.2. The molecule has 1 rings (SSSR count). The predicted molar refractivity (Wildman–Crippen MR) is 44.3 cm³/mol. The highest BCUT2D eigenvalue weighted by Gasteiger charge is 2.07. The lowest BCUT2D eigenvalue weighted by molar-refractivity contribution is 0.607. The van der Waals surface area contributed by atoms with E-state index in [1.807, 2.05) is 0 Å². The van der Waals surface area contributed by atoms with Gasteiger partial charge in [-0.3, -0.25) is 0 Å². The molecule has 1 aromatic rings. The molecule has 0 saturated heterocycles. The van der Waals surface area contributed by atoms with E-state index in [4.69, 9.17) is 0 Å². The van der Waals surface area contributed by atoms with Crippen LogP contribution in [-0.2, 0) is 0 Å². The van der Waals surface area contributed by atoms with Crippen LogP contribution in [0, 0.1) is 5.82 Å². The molecule has 0 heterocycles. The van der Waals surface area contributed by atoms with Crippen LogP contribution in [0.15, 0.2) is 29.0 Å². The topological polar surface area (TPSA) is 0 Å². The molecule has 12 heavy (non-hydrogen) atoms. The van der Waals surface area contributed by atoms with Crippen molar-refractivity contribution in [1.29, 1.82) is 0 Å². The van der Waals surface area contributed by atoms with Crippen LogP contribution < -0.4 is 0 Å². The van der Waals surface area contributed by atoms with Crippen molar-refractivity contribution in [3.05, 3.63) is 40.4 Å². The van der Waals surface area contributed by atoms with Gasteiger partial charge in [-0.1, -0.05) is 15.9 Å². The van der Waals surface area contributed by atoms with Gasteiger partial charge in [0, 0.05) is 10.0 Å². The summed E-state index contributed by atoms with van der Waals surface area (Å²) >= 11 is 2.99. The molecule has 0 unspecified atom stereocenters. The Labute approximate surface area is 75.8 Å². The van der Waals surface area contributed by atoms with Crippen LogP contribution in [-0.4, -0.2) is 0 Å². The van der Waals surface area contributed by atoms with E-state index in [2.05, 4.69) is 15.9 Å². The van der Waals surface area contributed by atoms with Crippen molar-refractivity contribution < 1.29 is 13.2 Å². The van der Waals surface area contributed by atoms with E-state index in [0.717, 1.165) is 12.1 Å². The van der Waals surface area contributed by atoms with Crippen molar-refractivity contribution in [3.63, 3.8) is 0 Å². The van der Waals surface area contributed by atoms with E-state index in [1.165, 1.54) is 6.07 Å². The second-order valence-corrected chi connectivity index (χ2v) is 3.00. The predicted octanol–water partition coefficient (Wildman–Crippen LogP) is 3.83. The van der Waals surface area contributed by atoms with Crippen LogP contribution in [0.2, 0.25) is 0 Å². The van der Waals surface area contributed by atoms with Gasteiger partial charge in [0.25, 0.3) is 0 Å². The first-order valence-electron chi connectivity index (χ1n) is 3.06. The minimum atomic E-state index is -1.21. The normalized spacial score (nSPS) is 11.8. The van der Waals surface area contributed by atoms with Gasteiger partial charge in [-0.05, 0) is 18.2 Å². The van der Waals surface area contributed by atoms with Crippen molar-refractivity contribution in [3.8, 4) is 0 Å². The number of halogens is 4. The SMILES string of the molecule is F/C=C(\F)c1ccc(Br)cc1F. The van der Waals surface area contributed by atoms with Crippen LogP contribution in [0.4, 0.5) is 13.2 Å². The zero-order valence-electron chi connectivity index (χ0n) is 5.82. The molecule has 0 nitrogen and oxygen atoms in total. The fourth-order valence-electron chi connectivity index (χ4n) is 0.742. The van der Waals surface area contributed by atoms with Crippen molar-refractivity contribution in [2.75, 3.05) is 0 Å². The second kappa shape index (κ2) is 3.76. The molecule has 0 N–H and O–H groups in total. The van der Waals surface area contributed by atoms with Gasteiger partial charge in [-0.25, -0.2) is 13.2 Å². The Morgan fingerprint density at radius 2 is 2.08 bits per heavy atom. The van der Waals surface area contributed by atoms with Gasteiger partial charge in [0.2, 0.25) is 0 Å². The van der Waals surface area contributed by atoms with E-state index in [-0.39, 0.29) is 11.9 Å². The molecule has 0 amide bonds. The van der Waals surface area contributed by atoms with E-state index in [1.54, 1.807) is 0 Å². The molecule has 0 aliphatic carbocycles. The summed E-state index contributed by atoms with van der Waals surface area (Å²) in [6.45, 7) is 0. The second-order valence-electron chi connectivity index (χ2n) is 2.08. The summed E-state index contributed by atoms with van der Waals surface area (Å²) in [6, 6.07) is 3.66. The standard InChI is InChI=1S/C8H4BrF3/c9-5-1-2-6(7(11)3-5)8(12)4-10/h1-4H/b8-4-. The number of rotatable bonds is 1. The van der Waals surface area contributed by atoms with E-state index >= 15 is 0 Å². The number of hydrogen-bond donors (Lipinski definition) is 0. The zero-order valence-corrected chi connectivity index (χ0v) is 7.41. The Bertz CT molecular complexity index is 320. The summed E-state index contributed by atoms with van der Waals surface area (Å²) in [7, 11) is 0. The first kappa shape index (κ1) is 9.32. The third-order valence-electron chi connectivity index (χ3n) is 1.28. The molecule has 4 heteroatoms. The van der Waals surface area contributed by atoms with Crippen LogP contribution >= 0.6 is 15.9 Å². The third kappa shape index (κ3) is 1.88. The molecule has 0 aliphatic heterocycles. The molecular weight excluding hydrogens is 233 g/mol. The van der Waals surface area contributed by atoms with Gasteiger partial charge in [-0.15, -0.1) is 0 Å². The minimum Gasteiger partial charge on any atom is -0.212 e. The summed E-state index contributed by atoms with van der Waals surface area (Å²) < 4.78 is 37.4. The monoisotopic (exact) mass is 236 g/mol. The maximum Gasteiger partial charge on any atom is 0.161 e. The summed E-state index contributed by atoms with van der Waals surface area (Å²) in [6.07, 6.45) is -0.272. The summed E-state index contributed by atoms with van der Waals surface area (Å²) in [5.74, 6) is -2.00. The van der Waals surface area contributed by atoms with Crippen molar-refractivity contribution in [2.24, 2.45) is 0 Å². The average Bonchev–Trinajstić information content (AvgIpc) is 2.03. The molecule has 0 fully saturated rings. The smallest absolute Gasteiger partial charge is 0.161 e. The van der Waals surface area contributed by atoms with Crippen LogP contribution in [0.5, 0.6) is 0 Å². The zero-order chi connectivity index (χ0) is 9.14. The first-order chi connectivity index (χ1) is 5.65. The van der Waals surface area contributed by atoms with Crippen molar-refractivity contribution in [2.45, 2.75) is 0 Å². The molecule has 0 saturated carbocycles. The van der Waals surface area contributed by atoms with Gasteiger partial charge < -0.3 is 0 Å². The number of hydrogen-bond acceptors (Lipinski definition) is 0. The van der Waals surface area contributed by atoms with Gasteiger partial charge in [0.1, 0.15) is 12.1 Å². The van der Waals surface area contributed by atoms with E-state index in [9.17, 15) is 13.2 Å². The molecule has 0 radical (unpaired) electrons. The summed E-state index contributed by atoms with van der Waals surface area (Å²) in [5, 5.41) is 0. The molecule has 0 aliphatic rings. The molecule has 0 aromatic heterocycles. The van der Waals surface area contributed by atoms with Gasteiger partial charge >= 0.3 is 0 Å². The van der Waals surface area contributed by atoms with Crippen LogP contribution in [0.1, 0.15) is 5.56 Å². The van der Waals surface area contributed by atoms with Crippen LogP contribution in [0.3, 0.4) is 0 Å². The largest absolute Gasteiger partial charge is 0.212 e. The van der Waals surface area contributed by atoms with E-state index in [0.29, 0.717) is 4.47 Å². The minimum absolute atomic E-state index is 0.272. The molecular formula is C8H4BrF3. The lowest BCUT2D eigenvalue weighted by Gasteiger charge is -1.98. The van der Waals surface area contributed by atoms with Gasteiger partial charge in [-0.2, -0.15) is 0 Å². The molecule has 0 atom stereocenters. The Hall–Kier alpha value is -0.770. The highest BCUT2D eigenvalue weighted by molar-refractivity contribution is 9.10. The average molecular weight is 237 g/mol. The summed E-state index contributed by atoms with van der Waals surface area (Å²) in [5.41, 5.74) is -0.374. The highest BCUT2D eigenvalue weighted by atomic mass is 79.9. The number of benzene rings is 1. The van der Waals surface area contributed by atoms with Crippen LogP contribution in [0.25, 0.3) is 5.83 Å². The first-order valence-corrected chi connectivity index (χ1v) is 3.85. The maximum atomic E-state index is 12.8. The molecule has 0 spiro atoms. The van der Waals surface area contributed by atoms with Crippen molar-refractivity contribution in [1.82, 2.24) is 0 Å². The fraction of sp³-hybridized carbons (Fsp3) is 0. The Balaban J connectivity index is 3.18. The Kier molecular flexibility index (Phi) is 2.92. The molecule has 1 aromatic carbocycles. The fourth-order valence-corrected chi connectivity index (χ4v) is 1.08. The lowest BCUT2D eigenvalue weighted by Crippen LogP contribution is -1.84. The van der Waals surface area contributed by atoms with E-state index < -0.39 is 11.6 Å². The molecule has 0 bridgehead atoms. The maximum absolute atomic E-state index is 12.8. The van der Waals surface area contributed by atoms with Crippen molar-refractivity contribution >= 4 is 21.8 Å². The summed E-state index contributed by atoms with van der Waals surface area (Å²) in [4.78, 5) is 0.